The molecule has 0 saturated carbocycles. The molecule has 0 radical (unpaired) electrons. The number of hydrogen-bond donors (Lipinski definition) is 0. The number of pyridine rings is 1. The molecule has 50 valence electrons. The summed E-state index contributed by atoms with van der Waals surface area (Å²) in [5, 5.41) is 0. The SMILES string of the molecule is Cc1cnc2ncoc2c1. The first-order chi connectivity index (χ1) is 4.86. The molecule has 0 aromatic carbocycles. The van der Waals surface area contributed by atoms with Crippen molar-refractivity contribution < 1.29 is 4.42 Å². The van der Waals surface area contributed by atoms with Crippen LogP contribution in [0.2, 0.25) is 0 Å². The van der Waals surface area contributed by atoms with Crippen molar-refractivity contribution in [1.82, 2.24) is 9.97 Å². The molecule has 0 aliphatic carbocycles. The number of aryl methyl sites for hydroxylation is 1. The number of hydrogen-bond acceptors (Lipinski definition) is 3. The predicted octanol–water partition coefficient (Wildman–Crippen LogP) is 1.53. The summed E-state index contributed by atoms with van der Waals surface area (Å²) in [6.45, 7) is 1.97. The summed E-state index contributed by atoms with van der Waals surface area (Å²) < 4.78 is 5.03. The maximum Gasteiger partial charge on any atom is 0.198 e. The van der Waals surface area contributed by atoms with Gasteiger partial charge < -0.3 is 4.42 Å². The van der Waals surface area contributed by atoms with Gasteiger partial charge in [0.25, 0.3) is 0 Å². The average molecular weight is 134 g/mol. The first-order valence-corrected chi connectivity index (χ1v) is 3.02. The maximum absolute atomic E-state index is 5.03. The zero-order valence-corrected chi connectivity index (χ0v) is 5.53. The summed E-state index contributed by atoms with van der Waals surface area (Å²) >= 11 is 0. The van der Waals surface area contributed by atoms with Gasteiger partial charge in [0, 0.05) is 6.20 Å². The van der Waals surface area contributed by atoms with E-state index in [2.05, 4.69) is 9.97 Å². The van der Waals surface area contributed by atoms with Crippen LogP contribution in [0.3, 0.4) is 0 Å². The fourth-order valence-corrected chi connectivity index (χ4v) is 0.852. The molecule has 2 rings (SSSR count). The zero-order valence-electron chi connectivity index (χ0n) is 5.53. The molecule has 0 unspecified atom stereocenters. The standard InChI is InChI=1S/C7H6N2O/c1-5-2-6-7(8-3-5)9-4-10-6/h2-4H,1H3. The minimum atomic E-state index is 0.672. The van der Waals surface area contributed by atoms with E-state index in [4.69, 9.17) is 4.42 Å². The largest absolute Gasteiger partial charge is 0.442 e. The third-order valence-corrected chi connectivity index (χ3v) is 1.32. The van der Waals surface area contributed by atoms with E-state index in [1.165, 1.54) is 6.39 Å². The molecular weight excluding hydrogens is 128 g/mol. The zero-order chi connectivity index (χ0) is 6.97. The van der Waals surface area contributed by atoms with Crippen molar-refractivity contribution in [2.75, 3.05) is 0 Å². The second-order valence-corrected chi connectivity index (χ2v) is 2.19. The monoisotopic (exact) mass is 134 g/mol. The van der Waals surface area contributed by atoms with Crippen LogP contribution >= 0.6 is 0 Å². The van der Waals surface area contributed by atoms with Crippen LogP contribution in [0.25, 0.3) is 11.2 Å². The summed E-state index contributed by atoms with van der Waals surface area (Å²) in [7, 11) is 0. The van der Waals surface area contributed by atoms with E-state index in [1.54, 1.807) is 6.20 Å². The quantitative estimate of drug-likeness (QED) is 0.548. The first kappa shape index (κ1) is 5.41. The van der Waals surface area contributed by atoms with Crippen LogP contribution in [0.15, 0.2) is 23.1 Å². The van der Waals surface area contributed by atoms with E-state index in [0.29, 0.717) is 5.65 Å². The summed E-state index contributed by atoms with van der Waals surface area (Å²) in [4.78, 5) is 7.92. The highest BCUT2D eigenvalue weighted by Crippen LogP contribution is 2.09. The van der Waals surface area contributed by atoms with Crippen molar-refractivity contribution in [3.8, 4) is 0 Å². The van der Waals surface area contributed by atoms with Gasteiger partial charge in [-0.15, -0.1) is 0 Å². The molecular formula is C7H6N2O. The van der Waals surface area contributed by atoms with Gasteiger partial charge in [-0.05, 0) is 18.6 Å². The van der Waals surface area contributed by atoms with E-state index in [1.807, 2.05) is 13.0 Å². The van der Waals surface area contributed by atoms with E-state index in [-0.39, 0.29) is 0 Å². The summed E-state index contributed by atoms with van der Waals surface area (Å²) in [6, 6.07) is 1.91. The molecule has 10 heavy (non-hydrogen) atoms. The van der Waals surface area contributed by atoms with Crippen molar-refractivity contribution >= 4 is 11.2 Å². The summed E-state index contributed by atoms with van der Waals surface area (Å²) in [5.41, 5.74) is 2.51. The second-order valence-electron chi connectivity index (χ2n) is 2.19. The smallest absolute Gasteiger partial charge is 0.198 e. The lowest BCUT2D eigenvalue weighted by Crippen LogP contribution is -1.76. The lowest BCUT2D eigenvalue weighted by atomic mass is 10.3. The number of fused-ring (bicyclic) bond motifs is 1. The van der Waals surface area contributed by atoms with Gasteiger partial charge in [0.2, 0.25) is 0 Å². The molecule has 0 amide bonds. The van der Waals surface area contributed by atoms with E-state index >= 15 is 0 Å². The second kappa shape index (κ2) is 1.80. The molecule has 0 N–H and O–H groups in total. The van der Waals surface area contributed by atoms with Crippen molar-refractivity contribution in [2.45, 2.75) is 6.92 Å². The van der Waals surface area contributed by atoms with Gasteiger partial charge in [-0.1, -0.05) is 0 Å². The van der Waals surface area contributed by atoms with Gasteiger partial charge in [0.15, 0.2) is 17.6 Å². The topological polar surface area (TPSA) is 38.9 Å². The summed E-state index contributed by atoms with van der Waals surface area (Å²) in [5.74, 6) is 0. The Hall–Kier alpha value is -1.38. The Morgan fingerprint density at radius 1 is 1.40 bits per heavy atom. The van der Waals surface area contributed by atoms with Crippen LogP contribution in [0, 0.1) is 6.92 Å². The highest BCUT2D eigenvalue weighted by Gasteiger charge is 1.96. The van der Waals surface area contributed by atoms with E-state index in [9.17, 15) is 0 Å². The maximum atomic E-state index is 5.03. The predicted molar refractivity (Wildman–Crippen MR) is 36.5 cm³/mol. The molecule has 0 aliphatic heterocycles. The third kappa shape index (κ3) is 0.673. The Balaban J connectivity index is 2.86. The third-order valence-electron chi connectivity index (χ3n) is 1.32. The minimum absolute atomic E-state index is 0.672. The number of nitrogens with zero attached hydrogens (tertiary/aromatic N) is 2. The van der Waals surface area contributed by atoms with E-state index in [0.717, 1.165) is 11.1 Å². The van der Waals surface area contributed by atoms with Crippen LogP contribution in [-0.4, -0.2) is 9.97 Å². The van der Waals surface area contributed by atoms with Crippen molar-refractivity contribution in [3.63, 3.8) is 0 Å². The summed E-state index contributed by atoms with van der Waals surface area (Å²) in [6.07, 6.45) is 3.17. The van der Waals surface area contributed by atoms with Crippen molar-refractivity contribution in [1.29, 1.82) is 0 Å². The molecule has 0 saturated heterocycles. The average Bonchev–Trinajstić information content (AvgIpc) is 2.33. The Morgan fingerprint density at radius 2 is 2.30 bits per heavy atom. The minimum Gasteiger partial charge on any atom is -0.442 e. The van der Waals surface area contributed by atoms with Crippen LogP contribution < -0.4 is 0 Å². The lowest BCUT2D eigenvalue weighted by molar-refractivity contribution is 0.602. The Bertz CT molecular complexity index is 353. The van der Waals surface area contributed by atoms with Gasteiger partial charge in [-0.3, -0.25) is 0 Å². The van der Waals surface area contributed by atoms with E-state index < -0.39 is 0 Å². The van der Waals surface area contributed by atoms with Crippen LogP contribution in [0.5, 0.6) is 0 Å². The molecule has 2 aromatic heterocycles. The van der Waals surface area contributed by atoms with Gasteiger partial charge in [0.05, 0.1) is 0 Å². The van der Waals surface area contributed by atoms with Crippen LogP contribution in [-0.2, 0) is 0 Å². The molecule has 0 fully saturated rings. The fraction of sp³-hybridized carbons (Fsp3) is 0.143. The molecule has 0 atom stereocenters. The van der Waals surface area contributed by atoms with Crippen LogP contribution in [0.1, 0.15) is 5.56 Å². The Kier molecular flexibility index (Phi) is 0.974. The van der Waals surface area contributed by atoms with Crippen molar-refractivity contribution in [2.24, 2.45) is 0 Å². The molecule has 0 spiro atoms. The molecule has 3 heteroatoms. The number of aromatic nitrogens is 2. The molecule has 0 aliphatic rings. The number of rotatable bonds is 0. The normalized spacial score (nSPS) is 10.5. The molecule has 0 bridgehead atoms. The fourth-order valence-electron chi connectivity index (χ4n) is 0.852. The number of oxazole rings is 1. The van der Waals surface area contributed by atoms with Crippen molar-refractivity contribution in [3.05, 3.63) is 24.2 Å². The first-order valence-electron chi connectivity index (χ1n) is 3.02. The highest BCUT2D eigenvalue weighted by molar-refractivity contribution is 5.67. The van der Waals surface area contributed by atoms with Crippen LogP contribution in [0.4, 0.5) is 0 Å². The van der Waals surface area contributed by atoms with Gasteiger partial charge in [0.1, 0.15) is 0 Å². The van der Waals surface area contributed by atoms with Gasteiger partial charge >= 0.3 is 0 Å². The Morgan fingerprint density at radius 3 is 3.20 bits per heavy atom. The lowest BCUT2D eigenvalue weighted by Gasteiger charge is -1.86. The molecule has 2 heterocycles. The molecule has 3 nitrogen and oxygen atoms in total. The van der Waals surface area contributed by atoms with Gasteiger partial charge in [-0.25, -0.2) is 4.98 Å². The highest BCUT2D eigenvalue weighted by atomic mass is 16.3. The molecule has 2 aromatic rings. The van der Waals surface area contributed by atoms with Gasteiger partial charge in [-0.2, -0.15) is 4.98 Å². The Labute approximate surface area is 57.7 Å².